The van der Waals surface area contributed by atoms with Crippen molar-refractivity contribution >= 4 is 35.1 Å². The zero-order valence-electron chi connectivity index (χ0n) is 31.2. The quantitative estimate of drug-likeness (QED) is 0.281. The number of nitrogens with zero attached hydrogens (tertiary/aromatic N) is 5. The summed E-state index contributed by atoms with van der Waals surface area (Å²) in [5.41, 5.74) is 4.30. The van der Waals surface area contributed by atoms with Gasteiger partial charge in [0.2, 0.25) is 11.8 Å². The Kier molecular flexibility index (Phi) is 11.3. The van der Waals surface area contributed by atoms with E-state index in [0.717, 1.165) is 34.5 Å². The third kappa shape index (κ3) is 8.61. The minimum Gasteiger partial charge on any atom is -0.444 e. The molecule has 3 aromatic rings. The first-order chi connectivity index (χ1) is 24.7. The number of carbonyl (C=O) groups is 3. The van der Waals surface area contributed by atoms with Gasteiger partial charge < -0.3 is 39.1 Å². The topological polar surface area (TPSA) is 151 Å². The fourth-order valence-corrected chi connectivity index (χ4v) is 7.99. The smallest absolute Gasteiger partial charge is 0.410 e. The van der Waals surface area contributed by atoms with Crippen molar-refractivity contribution in [1.82, 2.24) is 25.3 Å². The van der Waals surface area contributed by atoms with Crippen LogP contribution in [0.25, 0.3) is 10.4 Å². The van der Waals surface area contributed by atoms with Crippen LogP contribution < -0.4 is 10.2 Å². The number of hydrogen-bond donors (Lipinski definition) is 2. The Bertz CT molecular complexity index is 1700. The van der Waals surface area contributed by atoms with Crippen molar-refractivity contribution in [2.24, 2.45) is 5.92 Å². The van der Waals surface area contributed by atoms with Gasteiger partial charge in [-0.15, -0.1) is 11.3 Å². The van der Waals surface area contributed by atoms with Crippen LogP contribution >= 0.6 is 11.3 Å². The molecular weight excluding hydrogens is 685 g/mol. The maximum Gasteiger partial charge on any atom is 0.410 e. The number of ether oxygens (including phenoxy) is 2. The zero-order valence-corrected chi connectivity index (χ0v) is 32.0. The minimum absolute atomic E-state index is 0.0360. The molecule has 0 spiro atoms. The summed E-state index contributed by atoms with van der Waals surface area (Å²) < 4.78 is 17.6. The molecule has 0 unspecified atom stereocenters. The number of carbonyl (C=O) groups excluding carboxylic acids is 3. The molecule has 0 aliphatic carbocycles. The van der Waals surface area contributed by atoms with Gasteiger partial charge in [-0.1, -0.05) is 43.3 Å². The van der Waals surface area contributed by atoms with Crippen LogP contribution in [0.3, 0.4) is 0 Å². The average Bonchev–Trinajstić information content (AvgIpc) is 3.82. The Morgan fingerprint density at radius 1 is 1.04 bits per heavy atom. The molecule has 5 heterocycles. The van der Waals surface area contributed by atoms with Crippen molar-refractivity contribution in [3.05, 3.63) is 52.9 Å². The lowest BCUT2D eigenvalue weighted by Gasteiger charge is -2.42. The lowest BCUT2D eigenvalue weighted by molar-refractivity contribution is -0.141. The largest absolute Gasteiger partial charge is 0.444 e. The number of hydrogen-bond acceptors (Lipinski definition) is 11. The summed E-state index contributed by atoms with van der Waals surface area (Å²) in [7, 11) is 0. The van der Waals surface area contributed by atoms with E-state index in [2.05, 4.69) is 20.4 Å². The van der Waals surface area contributed by atoms with Crippen LogP contribution in [0.5, 0.6) is 0 Å². The molecule has 3 aliphatic heterocycles. The summed E-state index contributed by atoms with van der Waals surface area (Å²) in [4.78, 5) is 50.9. The molecule has 6 rings (SSSR count). The number of β-amino-alcohol motifs (C(OH)–C–C–N with tert-alkyl or cyclic N) is 1. The van der Waals surface area contributed by atoms with Crippen molar-refractivity contribution in [3.63, 3.8) is 0 Å². The van der Waals surface area contributed by atoms with Crippen molar-refractivity contribution in [3.8, 4) is 10.4 Å². The normalized spacial score (nSPS) is 21.3. The molecule has 14 heteroatoms. The predicted molar refractivity (Wildman–Crippen MR) is 197 cm³/mol. The molecule has 0 radical (unpaired) electrons. The summed E-state index contributed by atoms with van der Waals surface area (Å²) in [5.74, 6) is -0.330. The van der Waals surface area contributed by atoms with Crippen LogP contribution in [-0.2, 0) is 19.1 Å². The van der Waals surface area contributed by atoms with Crippen molar-refractivity contribution in [2.75, 3.05) is 37.6 Å². The molecule has 282 valence electrons. The highest BCUT2D eigenvalue weighted by Crippen LogP contribution is 2.35. The number of aliphatic hydroxyl groups excluding tert-OH is 1. The highest BCUT2D eigenvalue weighted by molar-refractivity contribution is 7.13. The molecule has 3 amide bonds. The number of aromatic nitrogens is 2. The Balaban J connectivity index is 1.02. The number of amides is 3. The zero-order chi connectivity index (χ0) is 37.3. The molecule has 1 aromatic carbocycles. The molecule has 2 N–H and O–H groups in total. The SMILES string of the molecule is Cc1ncsc1-c1ccc([C@H](C)NC(=O)[C@@H]2C[C@@H](O)CN2C(=O)[C@H](c2cc(N3CC(OC4CCN(C(=O)OC(C)(C)C)CC4)C3)no2)C(C)C)cc1. The van der Waals surface area contributed by atoms with E-state index in [0.29, 0.717) is 37.8 Å². The van der Waals surface area contributed by atoms with Gasteiger partial charge in [0, 0.05) is 45.2 Å². The minimum atomic E-state index is -0.808. The Labute approximate surface area is 309 Å². The molecule has 4 atom stereocenters. The van der Waals surface area contributed by atoms with E-state index in [1.54, 1.807) is 22.3 Å². The van der Waals surface area contributed by atoms with Crippen molar-refractivity contribution in [2.45, 2.75) is 110 Å². The summed E-state index contributed by atoms with van der Waals surface area (Å²) in [6.45, 7) is 15.9. The number of aryl methyl sites for hydroxylation is 1. The number of piperidine rings is 1. The Morgan fingerprint density at radius 3 is 2.35 bits per heavy atom. The van der Waals surface area contributed by atoms with Crippen molar-refractivity contribution in [1.29, 1.82) is 0 Å². The fourth-order valence-electron chi connectivity index (χ4n) is 7.17. The molecule has 3 saturated heterocycles. The third-order valence-electron chi connectivity index (χ3n) is 10.0. The van der Waals surface area contributed by atoms with Gasteiger partial charge in [0.15, 0.2) is 11.6 Å². The number of likely N-dealkylation sites (tertiary alicyclic amines) is 2. The summed E-state index contributed by atoms with van der Waals surface area (Å²) in [5, 5.41) is 18.0. The van der Waals surface area contributed by atoms with E-state index in [4.69, 9.17) is 14.0 Å². The highest BCUT2D eigenvalue weighted by atomic mass is 32.1. The maximum atomic E-state index is 14.1. The van der Waals surface area contributed by atoms with Gasteiger partial charge in [0.25, 0.3) is 0 Å². The van der Waals surface area contributed by atoms with Gasteiger partial charge in [0.1, 0.15) is 17.6 Å². The standard InChI is InChI=1S/C38H52N6O7S/c1-22(2)33(31-17-32(41-51-31)43-19-29(20-43)49-28-12-14-42(15-13-28)37(48)50-38(5,6)7)36(47)44-18-27(45)16-30(44)35(46)40-23(3)25-8-10-26(11-9-25)34-24(4)39-21-52-34/h8-11,17,21-23,27-30,33,45H,12-16,18-20H2,1-7H3,(H,40,46)/t23-,27+,30-,33-/m0/s1. The summed E-state index contributed by atoms with van der Waals surface area (Å²) >= 11 is 1.59. The lowest BCUT2D eigenvalue weighted by atomic mass is 9.91. The van der Waals surface area contributed by atoms with E-state index < -0.39 is 23.7 Å². The summed E-state index contributed by atoms with van der Waals surface area (Å²) in [6, 6.07) is 8.73. The van der Waals surface area contributed by atoms with Crippen LogP contribution in [-0.4, -0.2) is 106 Å². The predicted octanol–water partition coefficient (Wildman–Crippen LogP) is 5.29. The number of nitrogens with one attached hydrogen (secondary N) is 1. The van der Waals surface area contributed by atoms with Gasteiger partial charge in [-0.05, 0) is 64.5 Å². The monoisotopic (exact) mass is 736 g/mol. The number of aliphatic hydroxyl groups is 1. The van der Waals surface area contributed by atoms with E-state index in [9.17, 15) is 19.5 Å². The average molecular weight is 737 g/mol. The van der Waals surface area contributed by atoms with Gasteiger partial charge in [-0.25, -0.2) is 9.78 Å². The fraction of sp³-hybridized carbons (Fsp3) is 0.605. The first-order valence-corrected chi connectivity index (χ1v) is 19.2. The lowest BCUT2D eigenvalue weighted by Crippen LogP contribution is -2.54. The van der Waals surface area contributed by atoms with Crippen molar-refractivity contribution < 1.29 is 33.5 Å². The van der Waals surface area contributed by atoms with Gasteiger partial charge in [0.05, 0.1) is 40.4 Å². The van der Waals surface area contributed by atoms with E-state index in [1.165, 1.54) is 4.90 Å². The van der Waals surface area contributed by atoms with Gasteiger partial charge in [-0.2, -0.15) is 0 Å². The Hall–Kier alpha value is -4.01. The first kappa shape index (κ1) is 37.7. The highest BCUT2D eigenvalue weighted by Gasteiger charge is 2.44. The van der Waals surface area contributed by atoms with Gasteiger partial charge >= 0.3 is 6.09 Å². The molecule has 3 aliphatic rings. The van der Waals surface area contributed by atoms with Crippen LogP contribution in [0.2, 0.25) is 0 Å². The van der Waals surface area contributed by atoms with Crippen LogP contribution in [0.4, 0.5) is 10.6 Å². The van der Waals surface area contributed by atoms with E-state index >= 15 is 0 Å². The molecule has 3 fully saturated rings. The van der Waals surface area contributed by atoms with E-state index in [-0.39, 0.29) is 55.0 Å². The first-order valence-electron chi connectivity index (χ1n) is 18.3. The second kappa shape index (κ2) is 15.5. The number of benzene rings is 1. The second-order valence-electron chi connectivity index (χ2n) is 15.7. The van der Waals surface area contributed by atoms with E-state index in [1.807, 2.05) is 78.2 Å². The third-order valence-corrected chi connectivity index (χ3v) is 11.0. The molecule has 13 nitrogen and oxygen atoms in total. The van der Waals surface area contributed by atoms with Crippen LogP contribution in [0.1, 0.15) is 89.8 Å². The molecule has 2 aromatic heterocycles. The molecule has 0 bridgehead atoms. The van der Waals surface area contributed by atoms with Crippen LogP contribution in [0, 0.1) is 12.8 Å². The number of thiazole rings is 1. The Morgan fingerprint density at radius 2 is 1.73 bits per heavy atom. The number of anilines is 1. The van der Waals surface area contributed by atoms with Gasteiger partial charge in [-0.3, -0.25) is 9.59 Å². The van der Waals surface area contributed by atoms with Crippen LogP contribution in [0.15, 0.2) is 40.4 Å². The molecular formula is C38H52N6O7S. The number of rotatable bonds is 10. The summed E-state index contributed by atoms with van der Waals surface area (Å²) in [6.07, 6.45) is 0.694. The second-order valence-corrected chi connectivity index (χ2v) is 16.5. The molecule has 0 saturated carbocycles. The maximum absolute atomic E-state index is 14.1. The molecule has 52 heavy (non-hydrogen) atoms.